The number of ether oxygens (including phenoxy) is 2. The Morgan fingerprint density at radius 3 is 1.98 bits per heavy atom. The quantitative estimate of drug-likeness (QED) is 0.168. The molecule has 3 aromatic carbocycles. The number of carbonyl (C=O) groups is 4. The van der Waals surface area contributed by atoms with Gasteiger partial charge >= 0.3 is 24.4 Å². The van der Waals surface area contributed by atoms with Crippen molar-refractivity contribution < 1.29 is 55.0 Å². The number of alkyl halides is 6. The van der Waals surface area contributed by atoms with Crippen LogP contribution in [0.5, 0.6) is 5.75 Å². The molecule has 3 aromatic rings. The topological polar surface area (TPSA) is 123 Å². The van der Waals surface area contributed by atoms with Gasteiger partial charge in [0, 0.05) is 17.1 Å². The van der Waals surface area contributed by atoms with Crippen LogP contribution in [0.15, 0.2) is 66.7 Å². The molecule has 16 heteroatoms. The molecule has 0 spiro atoms. The van der Waals surface area contributed by atoms with E-state index >= 15 is 0 Å². The highest BCUT2D eigenvalue weighted by atomic mass is 35.5. The van der Waals surface area contributed by atoms with Gasteiger partial charge in [-0.1, -0.05) is 41.9 Å². The van der Waals surface area contributed by atoms with E-state index in [0.29, 0.717) is 17.7 Å². The second kappa shape index (κ2) is 14.8. The minimum Gasteiger partial charge on any atom is -0.458 e. The van der Waals surface area contributed by atoms with Crippen molar-refractivity contribution in [2.24, 2.45) is 0 Å². The van der Waals surface area contributed by atoms with Gasteiger partial charge in [0.25, 0.3) is 5.91 Å². The fourth-order valence-electron chi connectivity index (χ4n) is 3.94. The number of carbonyl (C=O) groups excluding carboxylic acids is 4. The van der Waals surface area contributed by atoms with Gasteiger partial charge < -0.3 is 25.4 Å². The molecule has 0 radical (unpaired) electrons. The lowest BCUT2D eigenvalue weighted by Crippen LogP contribution is -2.48. The van der Waals surface area contributed by atoms with E-state index in [0.717, 1.165) is 12.1 Å². The summed E-state index contributed by atoms with van der Waals surface area (Å²) in [5.74, 6) is -3.30. The summed E-state index contributed by atoms with van der Waals surface area (Å²) in [7, 11) is 0. The molecule has 1 atom stereocenters. The highest BCUT2D eigenvalue weighted by molar-refractivity contribution is 6.31. The van der Waals surface area contributed by atoms with Crippen LogP contribution in [0.2, 0.25) is 5.02 Å². The molecule has 0 heterocycles. The van der Waals surface area contributed by atoms with Gasteiger partial charge in [-0.15, -0.1) is 0 Å². The maximum atomic E-state index is 13.2. The first kappa shape index (κ1) is 36.7. The second-order valence-corrected chi connectivity index (χ2v) is 11.4. The van der Waals surface area contributed by atoms with Gasteiger partial charge in [-0.2, -0.15) is 26.3 Å². The molecule has 0 saturated carbocycles. The summed E-state index contributed by atoms with van der Waals surface area (Å²) in [5.41, 5.74) is -4.86. The van der Waals surface area contributed by atoms with Crippen molar-refractivity contribution in [3.8, 4) is 5.75 Å². The minimum absolute atomic E-state index is 0.0749. The normalized spacial score (nSPS) is 12.5. The number of rotatable bonds is 9. The van der Waals surface area contributed by atoms with E-state index in [1.807, 2.05) is 5.32 Å². The second-order valence-electron chi connectivity index (χ2n) is 11.0. The van der Waals surface area contributed by atoms with E-state index in [2.05, 4.69) is 10.6 Å². The third kappa shape index (κ3) is 11.5. The van der Waals surface area contributed by atoms with E-state index in [1.54, 1.807) is 51.1 Å². The number of esters is 1. The molecule has 0 unspecified atom stereocenters. The Kier molecular flexibility index (Phi) is 11.5. The van der Waals surface area contributed by atoms with Gasteiger partial charge in [-0.05, 0) is 62.7 Å². The van der Waals surface area contributed by atoms with Gasteiger partial charge in [0.2, 0.25) is 5.91 Å². The van der Waals surface area contributed by atoms with Crippen LogP contribution in [0.4, 0.5) is 36.8 Å². The molecule has 3 N–H and O–H groups in total. The Labute approximate surface area is 269 Å². The van der Waals surface area contributed by atoms with Crippen LogP contribution in [0.1, 0.15) is 47.8 Å². The van der Waals surface area contributed by atoms with Crippen LogP contribution < -0.4 is 20.7 Å². The molecule has 0 aliphatic heterocycles. The van der Waals surface area contributed by atoms with Gasteiger partial charge in [-0.3, -0.25) is 9.59 Å². The van der Waals surface area contributed by atoms with E-state index in [9.17, 15) is 45.5 Å². The zero-order chi connectivity index (χ0) is 35.2. The third-order valence-electron chi connectivity index (χ3n) is 5.94. The van der Waals surface area contributed by atoms with E-state index in [4.69, 9.17) is 21.1 Å². The third-order valence-corrected chi connectivity index (χ3v) is 6.17. The lowest BCUT2D eigenvalue weighted by molar-refractivity contribution is -0.158. The molecule has 3 amide bonds. The number of halogens is 7. The number of amides is 3. The van der Waals surface area contributed by atoms with E-state index in [-0.39, 0.29) is 17.5 Å². The van der Waals surface area contributed by atoms with Crippen molar-refractivity contribution in [3.63, 3.8) is 0 Å². The summed E-state index contributed by atoms with van der Waals surface area (Å²) in [6.45, 7) is 4.24. The summed E-state index contributed by atoms with van der Waals surface area (Å²) in [6, 6.07) is 11.3. The van der Waals surface area contributed by atoms with Crippen molar-refractivity contribution >= 4 is 41.2 Å². The fraction of sp³-hybridized carbons (Fsp3) is 0.290. The van der Waals surface area contributed by atoms with Crippen LogP contribution in [0.25, 0.3) is 0 Å². The predicted octanol–water partition coefficient (Wildman–Crippen LogP) is 6.79. The SMILES string of the molecule is CC(C)(C)OC(=O)[C@H](Cc1ccccc1)NC(=O)CNC(=O)Oc1ccc(Cl)cc1C(=O)Nc1cc(C(F)(F)F)cc(C(F)(F)F)c1. The number of benzene rings is 3. The molecule has 0 aliphatic carbocycles. The predicted molar refractivity (Wildman–Crippen MR) is 158 cm³/mol. The Morgan fingerprint density at radius 2 is 1.43 bits per heavy atom. The Morgan fingerprint density at radius 1 is 0.830 bits per heavy atom. The van der Waals surface area contributed by atoms with Crippen LogP contribution in [0.3, 0.4) is 0 Å². The largest absolute Gasteiger partial charge is 0.458 e. The first-order chi connectivity index (χ1) is 21.7. The Balaban J connectivity index is 1.72. The standard InChI is InChI=1S/C31H28ClF6N3O6/c1-29(2,3)47-27(44)23(11-17-7-5-4-6-8-17)41-25(42)16-39-28(45)46-24-10-9-20(32)15-22(24)26(43)40-21-13-18(30(33,34)35)12-19(14-21)31(36,37)38/h4-10,12-15,23H,11,16H2,1-3H3,(H,39,45)(H,40,43)(H,41,42)/t23-/m0/s1. The molecule has 0 fully saturated rings. The van der Waals surface area contributed by atoms with Crippen LogP contribution in [0, 0.1) is 0 Å². The molecule has 0 aromatic heterocycles. The van der Waals surface area contributed by atoms with Gasteiger partial charge in [0.1, 0.15) is 23.9 Å². The smallest absolute Gasteiger partial charge is 0.416 e. The maximum absolute atomic E-state index is 13.2. The zero-order valence-corrected chi connectivity index (χ0v) is 25.7. The van der Waals surface area contributed by atoms with E-state index in [1.165, 1.54) is 6.07 Å². The van der Waals surface area contributed by atoms with Gasteiger partial charge in [0.05, 0.1) is 16.7 Å². The molecular formula is C31H28ClF6N3O6. The molecule has 3 rings (SSSR count). The molecule has 47 heavy (non-hydrogen) atoms. The Bertz CT molecular complexity index is 1590. The summed E-state index contributed by atoms with van der Waals surface area (Å²) in [6.07, 6.45) is -11.5. The van der Waals surface area contributed by atoms with E-state index < -0.39 is 82.5 Å². The average Bonchev–Trinajstić information content (AvgIpc) is 2.95. The number of nitrogens with one attached hydrogen (secondary N) is 3. The molecule has 9 nitrogen and oxygen atoms in total. The van der Waals surface area contributed by atoms with Crippen molar-refractivity contribution in [1.29, 1.82) is 0 Å². The van der Waals surface area contributed by atoms with Crippen LogP contribution in [-0.2, 0) is 33.1 Å². The summed E-state index contributed by atoms with van der Waals surface area (Å²) in [5, 5.41) is 6.44. The van der Waals surface area contributed by atoms with Gasteiger partial charge in [0.15, 0.2) is 0 Å². The highest BCUT2D eigenvalue weighted by Crippen LogP contribution is 2.38. The summed E-state index contributed by atoms with van der Waals surface area (Å²) >= 11 is 5.92. The van der Waals surface area contributed by atoms with Crippen molar-refractivity contribution in [2.75, 3.05) is 11.9 Å². The lowest BCUT2D eigenvalue weighted by Gasteiger charge is -2.24. The lowest BCUT2D eigenvalue weighted by atomic mass is 10.1. The van der Waals surface area contributed by atoms with Crippen molar-refractivity contribution in [2.45, 2.75) is 51.2 Å². The van der Waals surface area contributed by atoms with Crippen molar-refractivity contribution in [3.05, 3.63) is 94.0 Å². The molecule has 0 saturated heterocycles. The fourth-order valence-corrected chi connectivity index (χ4v) is 4.12. The number of anilines is 1. The summed E-state index contributed by atoms with van der Waals surface area (Å²) in [4.78, 5) is 50.9. The zero-order valence-electron chi connectivity index (χ0n) is 24.9. The first-order valence-electron chi connectivity index (χ1n) is 13.6. The van der Waals surface area contributed by atoms with Crippen molar-refractivity contribution in [1.82, 2.24) is 10.6 Å². The summed E-state index contributed by atoms with van der Waals surface area (Å²) < 4.78 is 89.9. The average molecular weight is 688 g/mol. The monoisotopic (exact) mass is 687 g/mol. The first-order valence-corrected chi connectivity index (χ1v) is 14.0. The molecule has 0 aliphatic rings. The molecule has 0 bridgehead atoms. The highest BCUT2D eigenvalue weighted by Gasteiger charge is 2.37. The maximum Gasteiger partial charge on any atom is 0.416 e. The van der Waals surface area contributed by atoms with Gasteiger partial charge in [-0.25, -0.2) is 9.59 Å². The molecule has 252 valence electrons. The molecular weight excluding hydrogens is 660 g/mol. The van der Waals surface area contributed by atoms with Crippen LogP contribution >= 0.6 is 11.6 Å². The number of hydrogen-bond donors (Lipinski definition) is 3. The minimum atomic E-state index is -5.16. The van der Waals surface area contributed by atoms with Crippen LogP contribution in [-0.4, -0.2) is 42.1 Å². The number of hydrogen-bond acceptors (Lipinski definition) is 6. The Hall–Kier alpha value is -4.79.